The van der Waals surface area contributed by atoms with Crippen LogP contribution in [0.3, 0.4) is 0 Å². The van der Waals surface area contributed by atoms with Crippen molar-refractivity contribution in [2.75, 3.05) is 18.4 Å². The fourth-order valence-corrected chi connectivity index (χ4v) is 2.90. The Morgan fingerprint density at radius 2 is 1.77 bits per heavy atom. The molecule has 0 radical (unpaired) electrons. The summed E-state index contributed by atoms with van der Waals surface area (Å²) < 4.78 is 0. The predicted molar refractivity (Wildman–Crippen MR) is 105 cm³/mol. The largest absolute Gasteiger partial charge is 0.339 e. The molecule has 0 bridgehead atoms. The molecule has 26 heavy (non-hydrogen) atoms. The Morgan fingerprint density at radius 1 is 1.12 bits per heavy atom. The van der Waals surface area contributed by atoms with Crippen molar-refractivity contribution in [2.45, 2.75) is 40.5 Å². The first kappa shape index (κ1) is 19.6. The van der Waals surface area contributed by atoms with Crippen molar-refractivity contribution in [3.05, 3.63) is 58.9 Å². The number of hydrogen-bond acceptors (Lipinski definition) is 3. The lowest BCUT2D eigenvalue weighted by atomic mass is 9.98. The van der Waals surface area contributed by atoms with Crippen molar-refractivity contribution in [1.29, 1.82) is 0 Å². The van der Waals surface area contributed by atoms with E-state index in [9.17, 15) is 9.59 Å². The van der Waals surface area contributed by atoms with E-state index in [4.69, 9.17) is 0 Å². The van der Waals surface area contributed by atoms with E-state index in [1.54, 1.807) is 11.0 Å². The quantitative estimate of drug-likeness (QED) is 0.844. The van der Waals surface area contributed by atoms with E-state index in [1.165, 1.54) is 12.4 Å². The smallest absolute Gasteiger partial charge is 0.257 e. The number of para-hydroxylation sites is 1. The lowest BCUT2D eigenvalue weighted by Gasteiger charge is -2.19. The summed E-state index contributed by atoms with van der Waals surface area (Å²) in [6, 6.07) is 7.59. The van der Waals surface area contributed by atoms with Crippen LogP contribution in [0.2, 0.25) is 0 Å². The van der Waals surface area contributed by atoms with Gasteiger partial charge in [-0.1, -0.05) is 32.0 Å². The number of aryl methyl sites for hydroxylation is 1. The molecule has 0 aliphatic carbocycles. The van der Waals surface area contributed by atoms with E-state index in [-0.39, 0.29) is 11.8 Å². The summed E-state index contributed by atoms with van der Waals surface area (Å²) in [7, 11) is 0. The first-order valence-electron chi connectivity index (χ1n) is 9.04. The van der Waals surface area contributed by atoms with Crippen LogP contribution in [0.4, 0.5) is 5.69 Å². The number of anilines is 1. The van der Waals surface area contributed by atoms with Gasteiger partial charge in [-0.15, -0.1) is 0 Å². The number of aromatic nitrogens is 1. The van der Waals surface area contributed by atoms with Gasteiger partial charge in [-0.2, -0.15) is 0 Å². The van der Waals surface area contributed by atoms with Crippen molar-refractivity contribution in [3.8, 4) is 0 Å². The molecular formula is C21H27N3O2. The van der Waals surface area contributed by atoms with Gasteiger partial charge in [0.15, 0.2) is 0 Å². The Kier molecular flexibility index (Phi) is 6.50. The molecule has 2 rings (SSSR count). The number of nitrogens with one attached hydrogen (secondary N) is 1. The second kappa shape index (κ2) is 8.61. The van der Waals surface area contributed by atoms with Gasteiger partial charge in [-0.3, -0.25) is 14.6 Å². The average molecular weight is 353 g/mol. The molecule has 0 aliphatic heterocycles. The highest BCUT2D eigenvalue weighted by Gasteiger charge is 2.17. The maximum atomic E-state index is 12.7. The number of carbonyl (C=O) groups excluding carboxylic acids is 2. The number of rotatable bonds is 6. The van der Waals surface area contributed by atoms with Gasteiger partial charge in [0.2, 0.25) is 0 Å². The van der Waals surface area contributed by atoms with E-state index in [0.29, 0.717) is 30.1 Å². The maximum Gasteiger partial charge on any atom is 0.257 e. The molecule has 1 aromatic carbocycles. The van der Waals surface area contributed by atoms with Crippen molar-refractivity contribution in [3.63, 3.8) is 0 Å². The van der Waals surface area contributed by atoms with Gasteiger partial charge >= 0.3 is 0 Å². The second-order valence-electron chi connectivity index (χ2n) is 6.59. The predicted octanol–water partition coefficient (Wildman–Crippen LogP) is 4.25. The summed E-state index contributed by atoms with van der Waals surface area (Å²) in [5.41, 5.74) is 3.72. The molecule has 5 heteroatoms. The fourth-order valence-electron chi connectivity index (χ4n) is 2.90. The van der Waals surface area contributed by atoms with E-state index in [2.05, 4.69) is 24.1 Å². The summed E-state index contributed by atoms with van der Waals surface area (Å²) in [6.45, 7) is 11.2. The number of amides is 2. The Hall–Kier alpha value is -2.69. The minimum atomic E-state index is -0.261. The van der Waals surface area contributed by atoms with Crippen LogP contribution in [0, 0.1) is 6.92 Å². The molecular weight excluding hydrogens is 326 g/mol. The summed E-state index contributed by atoms with van der Waals surface area (Å²) in [5, 5.41) is 3.00. The second-order valence-corrected chi connectivity index (χ2v) is 6.59. The average Bonchev–Trinajstić information content (AvgIpc) is 2.64. The van der Waals surface area contributed by atoms with Crippen molar-refractivity contribution < 1.29 is 9.59 Å². The van der Waals surface area contributed by atoms with Gasteiger partial charge in [0.25, 0.3) is 11.8 Å². The maximum absolute atomic E-state index is 12.7. The highest BCUT2D eigenvalue weighted by atomic mass is 16.2. The van der Waals surface area contributed by atoms with E-state index < -0.39 is 0 Å². The highest BCUT2D eigenvalue weighted by molar-refractivity contribution is 6.06. The highest BCUT2D eigenvalue weighted by Crippen LogP contribution is 2.27. The SMILES string of the molecule is CCN(CC)C(=O)c1cncc(C(=O)Nc2c(C)cccc2C(C)C)c1. The minimum Gasteiger partial charge on any atom is -0.339 e. The molecule has 1 N–H and O–H groups in total. The zero-order chi connectivity index (χ0) is 19.3. The van der Waals surface area contributed by atoms with Crippen LogP contribution in [0.15, 0.2) is 36.7 Å². The Balaban J connectivity index is 2.30. The lowest BCUT2D eigenvalue weighted by molar-refractivity contribution is 0.0772. The van der Waals surface area contributed by atoms with Gasteiger partial charge in [-0.05, 0) is 43.9 Å². The molecule has 5 nitrogen and oxygen atoms in total. The summed E-state index contributed by atoms with van der Waals surface area (Å²) in [5.74, 6) is -0.0855. The van der Waals surface area contributed by atoms with E-state index >= 15 is 0 Å². The molecule has 138 valence electrons. The van der Waals surface area contributed by atoms with Crippen LogP contribution in [0.25, 0.3) is 0 Å². The third-order valence-electron chi connectivity index (χ3n) is 4.46. The van der Waals surface area contributed by atoms with Gasteiger partial charge in [0, 0.05) is 31.2 Å². The molecule has 2 aromatic rings. The van der Waals surface area contributed by atoms with Gasteiger partial charge < -0.3 is 10.2 Å². The number of pyridine rings is 1. The van der Waals surface area contributed by atoms with Gasteiger partial charge in [0.1, 0.15) is 0 Å². The Morgan fingerprint density at radius 3 is 2.38 bits per heavy atom. The molecule has 0 spiro atoms. The zero-order valence-corrected chi connectivity index (χ0v) is 16.2. The molecule has 1 heterocycles. The lowest BCUT2D eigenvalue weighted by Crippen LogP contribution is -2.30. The van der Waals surface area contributed by atoms with Crippen LogP contribution in [0.5, 0.6) is 0 Å². The summed E-state index contributed by atoms with van der Waals surface area (Å²) in [6.07, 6.45) is 2.99. The molecule has 0 unspecified atom stereocenters. The van der Waals surface area contributed by atoms with Crippen LogP contribution < -0.4 is 5.32 Å². The Labute approximate surface area is 155 Å². The molecule has 0 aliphatic rings. The standard InChI is InChI=1S/C21H27N3O2/c1-6-24(7-2)21(26)17-11-16(12-22-13-17)20(25)23-19-15(5)9-8-10-18(19)14(3)4/h8-14H,6-7H2,1-5H3,(H,23,25). The van der Waals surface area contributed by atoms with Crippen LogP contribution in [0.1, 0.15) is 65.5 Å². The van der Waals surface area contributed by atoms with E-state index in [0.717, 1.165) is 16.8 Å². The number of benzene rings is 1. The van der Waals surface area contributed by atoms with E-state index in [1.807, 2.05) is 39.0 Å². The molecule has 0 saturated carbocycles. The van der Waals surface area contributed by atoms with Crippen molar-refractivity contribution >= 4 is 17.5 Å². The minimum absolute atomic E-state index is 0.115. The third-order valence-corrected chi connectivity index (χ3v) is 4.46. The van der Waals surface area contributed by atoms with Gasteiger partial charge in [0.05, 0.1) is 11.1 Å². The fraction of sp³-hybridized carbons (Fsp3) is 0.381. The monoisotopic (exact) mass is 353 g/mol. The van der Waals surface area contributed by atoms with Crippen LogP contribution in [-0.2, 0) is 0 Å². The first-order valence-corrected chi connectivity index (χ1v) is 9.04. The molecule has 0 atom stereocenters. The molecule has 2 amide bonds. The number of hydrogen-bond donors (Lipinski definition) is 1. The van der Waals surface area contributed by atoms with Crippen LogP contribution >= 0.6 is 0 Å². The molecule has 0 fully saturated rings. The first-order chi connectivity index (χ1) is 12.4. The molecule has 0 saturated heterocycles. The zero-order valence-electron chi connectivity index (χ0n) is 16.2. The Bertz CT molecular complexity index is 796. The van der Waals surface area contributed by atoms with Crippen molar-refractivity contribution in [2.24, 2.45) is 0 Å². The van der Waals surface area contributed by atoms with Crippen molar-refractivity contribution in [1.82, 2.24) is 9.88 Å². The summed E-state index contributed by atoms with van der Waals surface area (Å²) in [4.78, 5) is 31.0. The van der Waals surface area contributed by atoms with Gasteiger partial charge in [-0.25, -0.2) is 0 Å². The normalized spacial score (nSPS) is 10.7. The number of carbonyl (C=O) groups is 2. The number of nitrogens with zero attached hydrogens (tertiary/aromatic N) is 2. The molecule has 1 aromatic heterocycles. The van der Waals surface area contributed by atoms with Crippen LogP contribution in [-0.4, -0.2) is 34.8 Å². The third kappa shape index (κ3) is 4.28. The summed E-state index contributed by atoms with van der Waals surface area (Å²) >= 11 is 0. The topological polar surface area (TPSA) is 62.3 Å².